The van der Waals surface area contributed by atoms with Gasteiger partial charge in [0.1, 0.15) is 5.82 Å². The fourth-order valence-corrected chi connectivity index (χ4v) is 3.27. The Hall–Kier alpha value is -2.79. The molecule has 0 aliphatic heterocycles. The number of aromatic nitrogens is 3. The van der Waals surface area contributed by atoms with Gasteiger partial charge in [0.05, 0.1) is 16.6 Å². The van der Waals surface area contributed by atoms with Gasteiger partial charge in [-0.1, -0.05) is 41.9 Å². The lowest BCUT2D eigenvalue weighted by atomic mass is 9.92. The Bertz CT molecular complexity index is 973. The van der Waals surface area contributed by atoms with E-state index in [0.29, 0.717) is 23.7 Å². The highest BCUT2D eigenvalue weighted by molar-refractivity contribution is 6.31. The van der Waals surface area contributed by atoms with E-state index in [2.05, 4.69) is 15.0 Å². The maximum atomic E-state index is 11.6. The highest BCUT2D eigenvalue weighted by Crippen LogP contribution is 2.22. The Kier molecular flexibility index (Phi) is 6.37. The Labute approximate surface area is 170 Å². The molecule has 0 saturated heterocycles. The quantitative estimate of drug-likeness (QED) is 0.660. The van der Waals surface area contributed by atoms with E-state index in [0.717, 1.165) is 34.5 Å². The number of hydrogen-bond donors (Lipinski definition) is 1. The van der Waals surface area contributed by atoms with E-state index in [1.807, 2.05) is 56.4 Å². The summed E-state index contributed by atoms with van der Waals surface area (Å²) >= 11 is 6.33. The summed E-state index contributed by atoms with van der Waals surface area (Å²) in [5.41, 5.74) is 10.3. The van der Waals surface area contributed by atoms with Crippen molar-refractivity contribution < 1.29 is 4.79 Å². The molecule has 144 valence electrons. The minimum atomic E-state index is -0.332. The normalized spacial score (nSPS) is 12.0. The molecule has 6 heteroatoms. The van der Waals surface area contributed by atoms with Crippen LogP contribution < -0.4 is 5.73 Å². The number of carbonyl (C=O) groups excluding carboxylic acids is 1. The van der Waals surface area contributed by atoms with Gasteiger partial charge in [0.25, 0.3) is 0 Å². The lowest BCUT2D eigenvalue weighted by molar-refractivity contribution is -0.119. The Balaban J connectivity index is 1.76. The first-order valence-corrected chi connectivity index (χ1v) is 9.60. The number of primary amides is 1. The van der Waals surface area contributed by atoms with Crippen molar-refractivity contribution in [2.75, 3.05) is 0 Å². The molecule has 1 amide bonds. The zero-order chi connectivity index (χ0) is 20.1. The second-order valence-electron chi connectivity index (χ2n) is 6.89. The van der Waals surface area contributed by atoms with Gasteiger partial charge < -0.3 is 5.73 Å². The molecule has 0 saturated carbocycles. The summed E-state index contributed by atoms with van der Waals surface area (Å²) in [4.78, 5) is 24.9. The topological polar surface area (TPSA) is 81.8 Å². The van der Waals surface area contributed by atoms with Crippen LogP contribution in [0.5, 0.6) is 0 Å². The van der Waals surface area contributed by atoms with Crippen molar-refractivity contribution in [2.45, 2.75) is 39.0 Å². The van der Waals surface area contributed by atoms with Crippen molar-refractivity contribution in [2.24, 2.45) is 5.73 Å². The number of pyridine rings is 1. The van der Waals surface area contributed by atoms with Crippen LogP contribution in [0, 0.1) is 6.92 Å². The van der Waals surface area contributed by atoms with Crippen LogP contribution in [0.15, 0.2) is 48.8 Å². The molecule has 0 aliphatic rings. The van der Waals surface area contributed by atoms with E-state index in [4.69, 9.17) is 17.3 Å². The van der Waals surface area contributed by atoms with Gasteiger partial charge in [-0.2, -0.15) is 0 Å². The van der Waals surface area contributed by atoms with Crippen LogP contribution in [-0.4, -0.2) is 20.9 Å². The molecule has 0 spiro atoms. The molecule has 2 N–H and O–H groups in total. The van der Waals surface area contributed by atoms with Crippen LogP contribution in [-0.2, 0) is 24.1 Å². The first-order valence-electron chi connectivity index (χ1n) is 9.23. The molecule has 28 heavy (non-hydrogen) atoms. The van der Waals surface area contributed by atoms with Gasteiger partial charge in [-0.05, 0) is 49.4 Å². The van der Waals surface area contributed by atoms with E-state index >= 15 is 0 Å². The molecule has 1 atom stereocenters. The van der Waals surface area contributed by atoms with Gasteiger partial charge in [0, 0.05) is 24.5 Å². The number of benzene rings is 1. The number of rotatable bonds is 7. The molecular weight excluding hydrogens is 372 g/mol. The molecule has 2 aromatic heterocycles. The van der Waals surface area contributed by atoms with Crippen LogP contribution >= 0.6 is 11.6 Å². The van der Waals surface area contributed by atoms with E-state index in [1.165, 1.54) is 0 Å². The van der Waals surface area contributed by atoms with Crippen molar-refractivity contribution in [3.8, 4) is 0 Å². The highest BCUT2D eigenvalue weighted by Gasteiger charge is 2.16. The Morgan fingerprint density at radius 3 is 2.61 bits per heavy atom. The molecule has 1 aromatic carbocycles. The van der Waals surface area contributed by atoms with Crippen LogP contribution in [0.25, 0.3) is 0 Å². The van der Waals surface area contributed by atoms with Crippen LogP contribution in [0.4, 0.5) is 0 Å². The van der Waals surface area contributed by atoms with Crippen molar-refractivity contribution in [1.82, 2.24) is 15.0 Å². The van der Waals surface area contributed by atoms with Crippen LogP contribution in [0.2, 0.25) is 5.02 Å². The molecular formula is C22H23ClN4O. The highest BCUT2D eigenvalue weighted by atomic mass is 35.5. The van der Waals surface area contributed by atoms with Gasteiger partial charge in [0.2, 0.25) is 5.91 Å². The van der Waals surface area contributed by atoms with Crippen molar-refractivity contribution in [3.63, 3.8) is 0 Å². The molecule has 3 rings (SSSR count). The summed E-state index contributed by atoms with van der Waals surface area (Å²) < 4.78 is 0. The molecule has 5 nitrogen and oxygen atoms in total. The SMILES string of the molecule is Cc1ccc(Cc2ncc(Cl)c(CCc3ccccc3C(C)C(N)=O)n2)cn1. The maximum Gasteiger partial charge on any atom is 0.224 e. The van der Waals surface area contributed by atoms with E-state index in [1.54, 1.807) is 6.20 Å². The lowest BCUT2D eigenvalue weighted by Gasteiger charge is -2.14. The molecule has 0 bridgehead atoms. The monoisotopic (exact) mass is 394 g/mol. The van der Waals surface area contributed by atoms with Gasteiger partial charge >= 0.3 is 0 Å². The van der Waals surface area contributed by atoms with Crippen molar-refractivity contribution in [3.05, 3.63) is 87.7 Å². The summed E-state index contributed by atoms with van der Waals surface area (Å²) in [5, 5.41) is 0.547. The zero-order valence-electron chi connectivity index (χ0n) is 16.0. The average molecular weight is 395 g/mol. The van der Waals surface area contributed by atoms with Gasteiger partial charge in [0.15, 0.2) is 0 Å². The van der Waals surface area contributed by atoms with E-state index in [-0.39, 0.29) is 11.8 Å². The first-order chi connectivity index (χ1) is 13.4. The summed E-state index contributed by atoms with van der Waals surface area (Å²) in [7, 11) is 0. The number of nitrogens with zero attached hydrogens (tertiary/aromatic N) is 3. The predicted molar refractivity (Wildman–Crippen MR) is 110 cm³/mol. The van der Waals surface area contributed by atoms with Gasteiger partial charge in [-0.15, -0.1) is 0 Å². The van der Waals surface area contributed by atoms with Crippen LogP contribution in [0.1, 0.15) is 46.7 Å². The van der Waals surface area contributed by atoms with Crippen molar-refractivity contribution in [1.29, 1.82) is 0 Å². The number of halogens is 1. The molecule has 0 radical (unpaired) electrons. The Morgan fingerprint density at radius 2 is 1.89 bits per heavy atom. The average Bonchev–Trinajstić information content (AvgIpc) is 2.69. The molecule has 0 fully saturated rings. The zero-order valence-corrected chi connectivity index (χ0v) is 16.8. The second kappa shape index (κ2) is 8.93. The predicted octanol–water partition coefficient (Wildman–Crippen LogP) is 3.80. The molecule has 1 unspecified atom stereocenters. The minimum absolute atomic E-state index is 0.332. The standard InChI is InChI=1S/C22H23ClN4O/c1-14-7-8-16(12-25-14)11-21-26-13-19(23)20(27-21)10-9-17-5-3-4-6-18(17)15(2)22(24)28/h3-8,12-13,15H,9-11H2,1-2H3,(H2,24,28). The molecule has 0 aliphatic carbocycles. The fourth-order valence-electron chi connectivity index (χ4n) is 3.08. The smallest absolute Gasteiger partial charge is 0.224 e. The molecule has 3 aromatic rings. The summed E-state index contributed by atoms with van der Waals surface area (Å²) in [6.45, 7) is 3.78. The Morgan fingerprint density at radius 1 is 1.11 bits per heavy atom. The van der Waals surface area contributed by atoms with Gasteiger partial charge in [-0.3, -0.25) is 9.78 Å². The third-order valence-corrected chi connectivity index (χ3v) is 5.10. The maximum absolute atomic E-state index is 11.6. The number of carbonyl (C=O) groups is 1. The van der Waals surface area contributed by atoms with Crippen LogP contribution in [0.3, 0.4) is 0 Å². The fraction of sp³-hybridized carbons (Fsp3) is 0.273. The number of nitrogens with two attached hydrogens (primary N) is 1. The summed E-state index contributed by atoms with van der Waals surface area (Å²) in [6, 6.07) is 11.9. The first kappa shape index (κ1) is 20.0. The summed E-state index contributed by atoms with van der Waals surface area (Å²) in [5.74, 6) is 0.0482. The van der Waals surface area contributed by atoms with Gasteiger partial charge in [-0.25, -0.2) is 9.97 Å². The number of hydrogen-bond acceptors (Lipinski definition) is 4. The third-order valence-electron chi connectivity index (χ3n) is 4.78. The second-order valence-corrected chi connectivity index (χ2v) is 7.30. The third kappa shape index (κ3) is 4.93. The van der Waals surface area contributed by atoms with E-state index < -0.39 is 0 Å². The minimum Gasteiger partial charge on any atom is -0.369 e. The number of amides is 1. The summed E-state index contributed by atoms with van der Waals surface area (Å²) in [6.07, 6.45) is 5.47. The van der Waals surface area contributed by atoms with E-state index in [9.17, 15) is 4.79 Å². The molecule has 2 heterocycles. The largest absolute Gasteiger partial charge is 0.369 e. The van der Waals surface area contributed by atoms with Crippen molar-refractivity contribution >= 4 is 17.5 Å². The number of aryl methyl sites for hydroxylation is 3. The lowest BCUT2D eigenvalue weighted by Crippen LogP contribution is -2.20.